The van der Waals surface area contributed by atoms with E-state index in [9.17, 15) is 4.79 Å². The first-order valence-corrected chi connectivity index (χ1v) is 9.76. The molecule has 1 saturated heterocycles. The summed E-state index contributed by atoms with van der Waals surface area (Å²) in [5.41, 5.74) is 2.38. The molecule has 0 spiro atoms. The SMILES string of the molecule is Cc1ncc(CN2CCCC2Cn2nc3c(cc2=O)CCCC3)s1. The standard InChI is InChI=1S/C18H24N4OS/c1-13-19-10-16(24-13)12-21-8-4-6-15(21)11-22-18(23)9-14-5-2-3-7-17(14)20-22/h9-10,15H,2-8,11-12H2,1H3. The van der Waals surface area contributed by atoms with Crippen LogP contribution in [0, 0.1) is 6.92 Å². The molecule has 1 aliphatic carbocycles. The number of fused-ring (bicyclic) bond motifs is 1. The van der Waals surface area contributed by atoms with Crippen LogP contribution in [0.3, 0.4) is 0 Å². The minimum Gasteiger partial charge on any atom is -0.293 e. The topological polar surface area (TPSA) is 51.0 Å². The zero-order valence-electron chi connectivity index (χ0n) is 14.2. The molecule has 2 aromatic rings. The van der Waals surface area contributed by atoms with E-state index in [2.05, 4.69) is 15.0 Å². The molecule has 0 radical (unpaired) electrons. The number of aryl methyl sites for hydroxylation is 3. The molecule has 1 unspecified atom stereocenters. The van der Waals surface area contributed by atoms with Crippen molar-refractivity contribution < 1.29 is 0 Å². The van der Waals surface area contributed by atoms with E-state index in [1.54, 1.807) is 16.0 Å². The van der Waals surface area contributed by atoms with Crippen LogP contribution in [-0.4, -0.2) is 32.3 Å². The minimum absolute atomic E-state index is 0.0659. The van der Waals surface area contributed by atoms with Crippen molar-refractivity contribution in [3.05, 3.63) is 43.8 Å². The van der Waals surface area contributed by atoms with Gasteiger partial charge in [-0.15, -0.1) is 11.3 Å². The van der Waals surface area contributed by atoms with Gasteiger partial charge < -0.3 is 0 Å². The van der Waals surface area contributed by atoms with Crippen LogP contribution in [0.15, 0.2) is 17.1 Å². The highest BCUT2D eigenvalue weighted by molar-refractivity contribution is 7.11. The summed E-state index contributed by atoms with van der Waals surface area (Å²) in [6.07, 6.45) is 8.73. The maximum Gasteiger partial charge on any atom is 0.267 e. The fourth-order valence-electron chi connectivity index (χ4n) is 3.92. The second-order valence-electron chi connectivity index (χ2n) is 6.96. The van der Waals surface area contributed by atoms with E-state index in [1.165, 1.54) is 29.7 Å². The summed E-state index contributed by atoms with van der Waals surface area (Å²) >= 11 is 1.77. The molecule has 0 amide bonds. The molecule has 2 aromatic heterocycles. The predicted molar refractivity (Wildman–Crippen MR) is 95.4 cm³/mol. The smallest absolute Gasteiger partial charge is 0.267 e. The Kier molecular flexibility index (Phi) is 4.50. The van der Waals surface area contributed by atoms with Crippen molar-refractivity contribution in [1.82, 2.24) is 19.7 Å². The van der Waals surface area contributed by atoms with Crippen LogP contribution >= 0.6 is 11.3 Å². The number of rotatable bonds is 4. The monoisotopic (exact) mass is 344 g/mol. The Labute approximate surface area is 146 Å². The number of likely N-dealkylation sites (tertiary alicyclic amines) is 1. The van der Waals surface area contributed by atoms with Gasteiger partial charge in [0.2, 0.25) is 0 Å². The van der Waals surface area contributed by atoms with E-state index in [0.29, 0.717) is 12.6 Å². The van der Waals surface area contributed by atoms with Gasteiger partial charge in [-0.05, 0) is 57.6 Å². The largest absolute Gasteiger partial charge is 0.293 e. The lowest BCUT2D eigenvalue weighted by molar-refractivity contribution is 0.217. The molecule has 0 saturated carbocycles. The highest BCUT2D eigenvalue weighted by Crippen LogP contribution is 2.24. The van der Waals surface area contributed by atoms with Crippen LogP contribution in [0.1, 0.15) is 46.8 Å². The third-order valence-corrected chi connectivity index (χ3v) is 6.08. The van der Waals surface area contributed by atoms with Crippen LogP contribution in [0.5, 0.6) is 0 Å². The van der Waals surface area contributed by atoms with E-state index >= 15 is 0 Å². The van der Waals surface area contributed by atoms with Gasteiger partial charge in [0.15, 0.2) is 0 Å². The van der Waals surface area contributed by atoms with Crippen LogP contribution in [0.4, 0.5) is 0 Å². The molecule has 0 aromatic carbocycles. The maximum absolute atomic E-state index is 12.4. The Morgan fingerprint density at radius 1 is 1.29 bits per heavy atom. The van der Waals surface area contributed by atoms with Crippen molar-refractivity contribution in [3.63, 3.8) is 0 Å². The summed E-state index contributed by atoms with van der Waals surface area (Å²) in [5.74, 6) is 0. The summed E-state index contributed by atoms with van der Waals surface area (Å²) in [4.78, 5) is 20.6. The van der Waals surface area contributed by atoms with Crippen molar-refractivity contribution in [1.29, 1.82) is 0 Å². The third-order valence-electron chi connectivity index (χ3n) is 5.18. The summed E-state index contributed by atoms with van der Waals surface area (Å²) < 4.78 is 1.71. The van der Waals surface area contributed by atoms with Gasteiger partial charge in [-0.3, -0.25) is 9.69 Å². The first-order chi connectivity index (χ1) is 11.7. The van der Waals surface area contributed by atoms with Gasteiger partial charge in [-0.25, -0.2) is 9.67 Å². The van der Waals surface area contributed by atoms with Crippen LogP contribution < -0.4 is 5.56 Å². The van der Waals surface area contributed by atoms with Crippen molar-refractivity contribution in [2.45, 2.75) is 64.6 Å². The second kappa shape index (κ2) is 6.76. The van der Waals surface area contributed by atoms with Crippen molar-refractivity contribution >= 4 is 11.3 Å². The van der Waals surface area contributed by atoms with E-state index in [1.807, 2.05) is 19.2 Å². The molecule has 6 heteroatoms. The first-order valence-electron chi connectivity index (χ1n) is 8.94. The Hall–Kier alpha value is -1.53. The zero-order valence-corrected chi connectivity index (χ0v) is 15.0. The Bertz CT molecular complexity index is 782. The van der Waals surface area contributed by atoms with Gasteiger partial charge in [0, 0.05) is 29.7 Å². The van der Waals surface area contributed by atoms with Gasteiger partial charge in [0.25, 0.3) is 5.56 Å². The molecule has 1 aliphatic heterocycles. The molecule has 4 rings (SSSR count). The van der Waals surface area contributed by atoms with Gasteiger partial charge in [-0.1, -0.05) is 0 Å². The summed E-state index contributed by atoms with van der Waals surface area (Å²) in [5, 5.41) is 5.81. The lowest BCUT2D eigenvalue weighted by Crippen LogP contribution is -2.37. The van der Waals surface area contributed by atoms with Crippen molar-refractivity contribution in [3.8, 4) is 0 Å². The van der Waals surface area contributed by atoms with Crippen molar-refractivity contribution in [2.24, 2.45) is 0 Å². The average Bonchev–Trinajstić information content (AvgIpc) is 3.18. The molecule has 24 heavy (non-hydrogen) atoms. The van der Waals surface area contributed by atoms with E-state index in [0.717, 1.165) is 43.1 Å². The molecule has 1 fully saturated rings. The van der Waals surface area contributed by atoms with Crippen LogP contribution in [0.2, 0.25) is 0 Å². The maximum atomic E-state index is 12.4. The van der Waals surface area contributed by atoms with Gasteiger partial charge in [0.05, 0.1) is 17.2 Å². The zero-order chi connectivity index (χ0) is 16.5. The third kappa shape index (κ3) is 3.30. The number of hydrogen-bond acceptors (Lipinski definition) is 5. The molecule has 0 bridgehead atoms. The Morgan fingerprint density at radius 3 is 3.00 bits per heavy atom. The van der Waals surface area contributed by atoms with E-state index < -0.39 is 0 Å². The lowest BCUT2D eigenvalue weighted by Gasteiger charge is -2.24. The minimum atomic E-state index is 0.0659. The second-order valence-corrected chi connectivity index (χ2v) is 8.28. The van der Waals surface area contributed by atoms with Gasteiger partial charge in [-0.2, -0.15) is 5.10 Å². The first kappa shape index (κ1) is 16.0. The van der Waals surface area contributed by atoms with Crippen LogP contribution in [-0.2, 0) is 25.9 Å². The van der Waals surface area contributed by atoms with Gasteiger partial charge in [0.1, 0.15) is 0 Å². The molecule has 5 nitrogen and oxygen atoms in total. The quantitative estimate of drug-likeness (QED) is 0.855. The lowest BCUT2D eigenvalue weighted by atomic mass is 9.97. The molecule has 3 heterocycles. The summed E-state index contributed by atoms with van der Waals surface area (Å²) in [6.45, 7) is 4.80. The number of nitrogens with zero attached hydrogens (tertiary/aromatic N) is 4. The summed E-state index contributed by atoms with van der Waals surface area (Å²) in [6, 6.07) is 2.23. The number of thiazole rings is 1. The average molecular weight is 344 g/mol. The Balaban J connectivity index is 1.50. The molecular formula is C18H24N4OS. The molecule has 128 valence electrons. The molecule has 0 N–H and O–H groups in total. The normalized spacial score (nSPS) is 21.1. The predicted octanol–water partition coefficient (Wildman–Crippen LogP) is 2.55. The molecule has 2 aliphatic rings. The van der Waals surface area contributed by atoms with Crippen LogP contribution in [0.25, 0.3) is 0 Å². The molecular weight excluding hydrogens is 320 g/mol. The number of hydrogen-bond donors (Lipinski definition) is 0. The summed E-state index contributed by atoms with van der Waals surface area (Å²) in [7, 11) is 0. The van der Waals surface area contributed by atoms with E-state index in [4.69, 9.17) is 0 Å². The Morgan fingerprint density at radius 2 is 2.17 bits per heavy atom. The number of aromatic nitrogens is 3. The highest BCUT2D eigenvalue weighted by Gasteiger charge is 2.26. The highest BCUT2D eigenvalue weighted by atomic mass is 32.1. The fraction of sp³-hybridized carbons (Fsp3) is 0.611. The van der Waals surface area contributed by atoms with Crippen molar-refractivity contribution in [2.75, 3.05) is 6.54 Å². The van der Waals surface area contributed by atoms with E-state index in [-0.39, 0.29) is 5.56 Å². The molecule has 1 atom stereocenters. The van der Waals surface area contributed by atoms with Gasteiger partial charge >= 0.3 is 0 Å². The fourth-order valence-corrected chi connectivity index (χ4v) is 4.74.